The number of halogens is 1. The van der Waals surface area contributed by atoms with E-state index in [1.807, 2.05) is 65.1 Å². The molecule has 0 aliphatic rings. The summed E-state index contributed by atoms with van der Waals surface area (Å²) < 4.78 is 32.3. The molecule has 8 nitrogen and oxygen atoms in total. The summed E-state index contributed by atoms with van der Waals surface area (Å²) >= 11 is 3.52. The lowest BCUT2D eigenvalue weighted by atomic mass is 10.1. The van der Waals surface area contributed by atoms with Gasteiger partial charge in [0.2, 0.25) is 10.0 Å². The predicted octanol–water partition coefficient (Wildman–Crippen LogP) is 3.50. The second-order valence-corrected chi connectivity index (χ2v) is 10.2. The summed E-state index contributed by atoms with van der Waals surface area (Å²) in [6.07, 6.45) is 1.33. The number of nitrogens with zero attached hydrogens (tertiary/aromatic N) is 2. The zero-order valence-electron chi connectivity index (χ0n) is 18.6. The summed E-state index contributed by atoms with van der Waals surface area (Å²) in [7, 11) is -3.89. The Morgan fingerprint density at radius 1 is 1.15 bits per heavy atom. The van der Waals surface area contributed by atoms with Gasteiger partial charge >= 0.3 is 0 Å². The van der Waals surface area contributed by atoms with Crippen LogP contribution in [0.1, 0.15) is 28.4 Å². The number of nitrogens with one attached hydrogen (secondary N) is 1. The molecule has 1 aromatic heterocycles. The van der Waals surface area contributed by atoms with E-state index in [9.17, 15) is 13.2 Å². The summed E-state index contributed by atoms with van der Waals surface area (Å²) in [6, 6.07) is 18.9. The maximum absolute atomic E-state index is 12.2. The average Bonchev–Trinajstić information content (AvgIpc) is 2.82. The number of rotatable bonds is 11. The molecule has 0 fully saturated rings. The van der Waals surface area contributed by atoms with Crippen LogP contribution in [-0.4, -0.2) is 43.3 Å². The van der Waals surface area contributed by atoms with Crippen molar-refractivity contribution < 1.29 is 23.1 Å². The quantitative estimate of drug-likeness (QED) is 0.378. The van der Waals surface area contributed by atoms with E-state index >= 15 is 0 Å². The highest BCUT2D eigenvalue weighted by Crippen LogP contribution is 2.27. The molecule has 0 atom stereocenters. The first-order valence-electron chi connectivity index (χ1n) is 10.6. The Kier molecular flexibility index (Phi) is 9.03. The first-order valence-corrected chi connectivity index (χ1v) is 13.1. The maximum Gasteiger partial charge on any atom is 0.266 e. The normalized spacial score (nSPS) is 11.1. The van der Waals surface area contributed by atoms with E-state index in [4.69, 9.17) is 9.84 Å². The predicted molar refractivity (Wildman–Crippen MR) is 134 cm³/mol. The standard InChI is InChI=1S/C24H26BrN3O5S/c1-2-28(23-11-8-19(15-26-23)24(30)27-34(31,32)13-12-29)16-20-14-21(25)9-10-22(20)33-17-18-6-4-3-5-7-18/h3-11,14-15,29H,2,12-13,16-17H2,1H3,(H,27,30). The van der Waals surface area contributed by atoms with E-state index in [1.165, 1.54) is 12.3 Å². The van der Waals surface area contributed by atoms with E-state index in [-0.39, 0.29) is 5.56 Å². The van der Waals surface area contributed by atoms with Crippen molar-refractivity contribution in [3.8, 4) is 5.75 Å². The molecule has 0 aliphatic carbocycles. The van der Waals surface area contributed by atoms with E-state index in [1.54, 1.807) is 6.07 Å². The van der Waals surface area contributed by atoms with Gasteiger partial charge in [0, 0.05) is 29.3 Å². The molecule has 0 saturated carbocycles. The van der Waals surface area contributed by atoms with Crippen LogP contribution in [0.4, 0.5) is 5.82 Å². The summed E-state index contributed by atoms with van der Waals surface area (Å²) in [5.41, 5.74) is 2.14. The molecular weight excluding hydrogens is 522 g/mol. The zero-order valence-corrected chi connectivity index (χ0v) is 21.0. The molecule has 2 N–H and O–H groups in total. The highest BCUT2D eigenvalue weighted by atomic mass is 79.9. The van der Waals surface area contributed by atoms with Crippen LogP contribution in [-0.2, 0) is 23.2 Å². The Morgan fingerprint density at radius 2 is 1.91 bits per heavy atom. The Hall–Kier alpha value is -2.95. The van der Waals surface area contributed by atoms with Crippen LogP contribution in [0.5, 0.6) is 5.75 Å². The van der Waals surface area contributed by atoms with Gasteiger partial charge in [0.25, 0.3) is 5.91 Å². The molecule has 10 heteroatoms. The molecule has 3 aromatic rings. The van der Waals surface area contributed by atoms with Gasteiger partial charge in [-0.05, 0) is 42.8 Å². The minimum Gasteiger partial charge on any atom is -0.489 e. The van der Waals surface area contributed by atoms with Gasteiger partial charge in [-0.25, -0.2) is 18.1 Å². The van der Waals surface area contributed by atoms with Gasteiger partial charge < -0.3 is 14.7 Å². The van der Waals surface area contributed by atoms with E-state index < -0.39 is 28.3 Å². The number of aliphatic hydroxyl groups excluding tert-OH is 1. The number of hydrogen-bond donors (Lipinski definition) is 2. The molecule has 0 saturated heterocycles. The van der Waals surface area contributed by atoms with Crippen molar-refractivity contribution in [2.45, 2.75) is 20.1 Å². The molecule has 180 valence electrons. The monoisotopic (exact) mass is 547 g/mol. The third-order valence-electron chi connectivity index (χ3n) is 4.94. The van der Waals surface area contributed by atoms with Crippen LogP contribution in [0.2, 0.25) is 0 Å². The van der Waals surface area contributed by atoms with Gasteiger partial charge in [-0.3, -0.25) is 4.79 Å². The largest absolute Gasteiger partial charge is 0.489 e. The minimum absolute atomic E-state index is 0.107. The van der Waals surface area contributed by atoms with Crippen molar-refractivity contribution >= 4 is 37.7 Å². The van der Waals surface area contributed by atoms with Gasteiger partial charge in [0.15, 0.2) is 0 Å². The van der Waals surface area contributed by atoms with Crippen molar-refractivity contribution in [1.82, 2.24) is 9.71 Å². The fourth-order valence-corrected chi connectivity index (χ4v) is 4.34. The van der Waals surface area contributed by atoms with Gasteiger partial charge in [-0.2, -0.15) is 0 Å². The van der Waals surface area contributed by atoms with Crippen LogP contribution in [0, 0.1) is 0 Å². The third-order valence-corrected chi connectivity index (χ3v) is 6.65. The van der Waals surface area contributed by atoms with Crippen LogP contribution in [0.3, 0.4) is 0 Å². The van der Waals surface area contributed by atoms with Gasteiger partial charge in [0.05, 0.1) is 17.9 Å². The first kappa shape index (κ1) is 25.7. The molecule has 0 bridgehead atoms. The van der Waals surface area contributed by atoms with Crippen molar-refractivity contribution in [3.63, 3.8) is 0 Å². The SMILES string of the molecule is CCN(Cc1cc(Br)ccc1OCc1ccccc1)c1ccc(C(=O)NS(=O)(=O)CCO)cn1. The smallest absolute Gasteiger partial charge is 0.266 e. The molecule has 0 aliphatic heterocycles. The van der Waals surface area contributed by atoms with Crippen LogP contribution < -0.4 is 14.4 Å². The number of aliphatic hydroxyl groups is 1. The van der Waals surface area contributed by atoms with Crippen LogP contribution in [0.25, 0.3) is 0 Å². The summed E-state index contributed by atoms with van der Waals surface area (Å²) in [5, 5.41) is 8.80. The number of pyridine rings is 1. The number of aromatic nitrogens is 1. The van der Waals surface area contributed by atoms with E-state index in [0.29, 0.717) is 25.5 Å². The van der Waals surface area contributed by atoms with Crippen molar-refractivity contribution in [2.75, 3.05) is 23.8 Å². The van der Waals surface area contributed by atoms with Crippen molar-refractivity contribution in [2.24, 2.45) is 0 Å². The van der Waals surface area contributed by atoms with Gasteiger partial charge in [0.1, 0.15) is 18.2 Å². The Bertz CT molecular complexity index is 1210. The highest BCUT2D eigenvalue weighted by molar-refractivity contribution is 9.10. The molecule has 1 heterocycles. The third kappa shape index (κ3) is 7.28. The number of sulfonamides is 1. The van der Waals surface area contributed by atoms with Crippen LogP contribution >= 0.6 is 15.9 Å². The highest BCUT2D eigenvalue weighted by Gasteiger charge is 2.17. The lowest BCUT2D eigenvalue weighted by Crippen LogP contribution is -2.33. The Labute approximate surface area is 207 Å². The Morgan fingerprint density at radius 3 is 2.56 bits per heavy atom. The number of hydrogen-bond acceptors (Lipinski definition) is 7. The van der Waals surface area contributed by atoms with Gasteiger partial charge in [-0.1, -0.05) is 46.3 Å². The number of carbonyl (C=O) groups is 1. The topological polar surface area (TPSA) is 109 Å². The summed E-state index contributed by atoms with van der Waals surface area (Å²) in [5.74, 6) is 0.0517. The number of carbonyl (C=O) groups excluding carboxylic acids is 1. The molecular formula is C24H26BrN3O5S. The minimum atomic E-state index is -3.89. The van der Waals surface area contributed by atoms with E-state index in [2.05, 4.69) is 20.9 Å². The summed E-state index contributed by atoms with van der Waals surface area (Å²) in [6.45, 7) is 3.03. The molecule has 3 rings (SSSR count). The first-order chi connectivity index (χ1) is 16.3. The second kappa shape index (κ2) is 12.0. The molecule has 0 radical (unpaired) electrons. The van der Waals surface area contributed by atoms with Crippen LogP contribution in [0.15, 0.2) is 71.3 Å². The number of benzene rings is 2. The second-order valence-electron chi connectivity index (χ2n) is 7.42. The average molecular weight is 548 g/mol. The lowest BCUT2D eigenvalue weighted by Gasteiger charge is -2.24. The number of ether oxygens (including phenoxy) is 1. The number of anilines is 1. The molecule has 1 amide bonds. The molecule has 0 unspecified atom stereocenters. The molecule has 34 heavy (non-hydrogen) atoms. The zero-order chi connectivity index (χ0) is 24.6. The van der Waals surface area contributed by atoms with Gasteiger partial charge in [-0.15, -0.1) is 0 Å². The molecule has 0 spiro atoms. The fourth-order valence-electron chi connectivity index (χ4n) is 3.19. The lowest BCUT2D eigenvalue weighted by molar-refractivity contribution is 0.0981. The van der Waals surface area contributed by atoms with Crippen molar-refractivity contribution in [1.29, 1.82) is 0 Å². The summed E-state index contributed by atoms with van der Waals surface area (Å²) in [4.78, 5) is 18.6. The maximum atomic E-state index is 12.2. The number of amides is 1. The van der Waals surface area contributed by atoms with Crippen molar-refractivity contribution in [3.05, 3.63) is 88.0 Å². The van der Waals surface area contributed by atoms with E-state index in [0.717, 1.165) is 21.3 Å². The fraction of sp³-hybridized carbons (Fsp3) is 0.250. The molecule has 2 aromatic carbocycles. The Balaban J connectivity index is 1.73.